The number of alkyl halides is 1. The molecule has 0 aliphatic rings. The summed E-state index contributed by atoms with van der Waals surface area (Å²) in [5, 5.41) is 31.9. The van der Waals surface area contributed by atoms with Gasteiger partial charge in [0.15, 0.2) is 0 Å². The van der Waals surface area contributed by atoms with E-state index in [1.807, 2.05) is 0 Å². The van der Waals surface area contributed by atoms with E-state index in [0.29, 0.717) is 0 Å². The maximum atomic E-state index is 12.6. The van der Waals surface area contributed by atoms with Crippen LogP contribution in [0.2, 0.25) is 5.21 Å². The molecule has 0 saturated carbocycles. The van der Waals surface area contributed by atoms with E-state index < -0.39 is 51.7 Å². The summed E-state index contributed by atoms with van der Waals surface area (Å²) in [4.78, 5) is 34.9. The standard InChI is InChI=1S/C14H18AsClN3O9S/c1-29(26,27)28-7-5-17(4-3-16)13-11(14(21)15-2-6-20)8-10(18(22)23)9-12(13)19(24)25/h8-9,20H,2-7H2,1H3. The number of hydrogen-bond donors (Lipinski definition) is 1. The van der Waals surface area contributed by atoms with E-state index in [2.05, 4.69) is 4.18 Å². The predicted molar refractivity (Wildman–Crippen MR) is 105 cm³/mol. The van der Waals surface area contributed by atoms with Gasteiger partial charge in [-0.05, 0) is 0 Å². The molecule has 0 bridgehead atoms. The van der Waals surface area contributed by atoms with E-state index in [1.54, 1.807) is 0 Å². The molecule has 0 aliphatic carbocycles. The Morgan fingerprint density at radius 1 is 1.28 bits per heavy atom. The first-order valence-corrected chi connectivity index (χ1v) is 12.6. The second kappa shape index (κ2) is 11.4. The molecule has 0 spiro atoms. The SMILES string of the molecule is CS(=O)(=O)OCCN(CCCl)c1c(C(=O)[As]CCO)cc([N+](=O)[O-])cc1[N+](=O)[O-]. The van der Waals surface area contributed by atoms with Crippen molar-refractivity contribution in [2.45, 2.75) is 5.21 Å². The van der Waals surface area contributed by atoms with Gasteiger partial charge in [0.2, 0.25) is 0 Å². The van der Waals surface area contributed by atoms with Gasteiger partial charge in [0.25, 0.3) is 0 Å². The van der Waals surface area contributed by atoms with Crippen LogP contribution in [0.15, 0.2) is 12.1 Å². The first kappa shape index (κ1) is 25.2. The van der Waals surface area contributed by atoms with Crippen LogP contribution in [0, 0.1) is 20.2 Å². The van der Waals surface area contributed by atoms with Gasteiger partial charge < -0.3 is 0 Å². The van der Waals surface area contributed by atoms with Crippen molar-refractivity contribution in [1.29, 1.82) is 0 Å². The second-order valence-corrected chi connectivity index (χ2v) is 9.96. The summed E-state index contributed by atoms with van der Waals surface area (Å²) in [6.45, 7) is -0.827. The summed E-state index contributed by atoms with van der Waals surface area (Å²) >= 11 is 4.63. The van der Waals surface area contributed by atoms with Crippen molar-refractivity contribution in [1.82, 2.24) is 0 Å². The van der Waals surface area contributed by atoms with Gasteiger partial charge in [-0.1, -0.05) is 0 Å². The Labute approximate surface area is 177 Å². The third-order valence-electron chi connectivity index (χ3n) is 3.40. The molecule has 0 atom stereocenters. The molecule has 0 fully saturated rings. The number of rotatable bonds is 13. The van der Waals surface area contributed by atoms with Crippen molar-refractivity contribution in [3.8, 4) is 0 Å². The third kappa shape index (κ3) is 7.86. The van der Waals surface area contributed by atoms with Gasteiger partial charge in [-0.15, -0.1) is 0 Å². The number of benzene rings is 1. The molecular formula is C14H18AsClN3O9S. The number of carbonyl (C=O) groups is 1. The minimum absolute atomic E-state index is 0.00981. The summed E-state index contributed by atoms with van der Waals surface area (Å²) in [5.41, 5.74) is -1.76. The summed E-state index contributed by atoms with van der Waals surface area (Å²) in [5.74, 6) is -0.0228. The molecule has 161 valence electrons. The molecule has 1 aromatic rings. The number of non-ortho nitro benzene ring substituents is 1. The zero-order chi connectivity index (χ0) is 22.2. The molecule has 0 saturated heterocycles. The number of nitro groups is 2. The van der Waals surface area contributed by atoms with Crippen molar-refractivity contribution in [2.24, 2.45) is 0 Å². The second-order valence-electron chi connectivity index (χ2n) is 5.49. The fraction of sp³-hybridized carbons (Fsp3) is 0.500. The van der Waals surface area contributed by atoms with Crippen LogP contribution in [0.25, 0.3) is 0 Å². The fourth-order valence-electron chi connectivity index (χ4n) is 2.32. The first-order chi connectivity index (χ1) is 13.5. The molecule has 12 nitrogen and oxygen atoms in total. The van der Waals surface area contributed by atoms with Gasteiger partial charge >= 0.3 is 178 Å². The predicted octanol–water partition coefficient (Wildman–Crippen LogP) is 0.779. The normalized spacial score (nSPS) is 11.7. The average molecular weight is 515 g/mol. The van der Waals surface area contributed by atoms with Crippen molar-refractivity contribution in [3.05, 3.63) is 37.9 Å². The number of carbonyl (C=O) groups excluding carboxylic acids is 1. The van der Waals surface area contributed by atoms with Gasteiger partial charge in [-0.25, -0.2) is 0 Å². The topological polar surface area (TPSA) is 170 Å². The van der Waals surface area contributed by atoms with Crippen LogP contribution in [0.4, 0.5) is 17.1 Å². The quantitative estimate of drug-likeness (QED) is 0.130. The number of hydrogen-bond acceptors (Lipinski definition) is 10. The molecule has 1 aromatic carbocycles. The van der Waals surface area contributed by atoms with Gasteiger partial charge in [0, 0.05) is 0 Å². The minimum atomic E-state index is -3.77. The van der Waals surface area contributed by atoms with E-state index in [0.717, 1.165) is 18.4 Å². The number of nitro benzene ring substituents is 2. The molecular weight excluding hydrogens is 497 g/mol. The molecule has 1 rings (SSSR count). The molecule has 29 heavy (non-hydrogen) atoms. The van der Waals surface area contributed by atoms with Crippen LogP contribution < -0.4 is 4.90 Å². The molecule has 0 amide bonds. The zero-order valence-electron chi connectivity index (χ0n) is 15.2. The Hall–Kier alpha value is -1.79. The Kier molecular flexibility index (Phi) is 9.93. The Morgan fingerprint density at radius 3 is 2.41 bits per heavy atom. The molecule has 0 unspecified atom stereocenters. The number of aliphatic hydroxyl groups is 1. The monoisotopic (exact) mass is 514 g/mol. The fourth-order valence-corrected chi connectivity index (χ4v) is 4.25. The maximum absolute atomic E-state index is 12.6. The number of halogens is 1. The number of anilines is 1. The molecule has 0 aromatic heterocycles. The molecule has 1 N–H and O–H groups in total. The Bertz CT molecular complexity index is 881. The Morgan fingerprint density at radius 2 is 1.93 bits per heavy atom. The van der Waals surface area contributed by atoms with Crippen LogP contribution in [-0.4, -0.2) is 82.1 Å². The van der Waals surface area contributed by atoms with Gasteiger partial charge in [0.05, 0.1) is 0 Å². The molecule has 1 radical (unpaired) electrons. The van der Waals surface area contributed by atoms with Crippen LogP contribution >= 0.6 is 11.6 Å². The van der Waals surface area contributed by atoms with Crippen molar-refractivity contribution < 1.29 is 32.3 Å². The van der Waals surface area contributed by atoms with Gasteiger partial charge in [-0.3, -0.25) is 0 Å². The van der Waals surface area contributed by atoms with E-state index in [-0.39, 0.29) is 48.6 Å². The van der Waals surface area contributed by atoms with Crippen LogP contribution in [0.3, 0.4) is 0 Å². The number of nitrogens with zero attached hydrogens (tertiary/aromatic N) is 3. The summed E-state index contributed by atoms with van der Waals surface area (Å²) in [7, 11) is -3.77. The van der Waals surface area contributed by atoms with E-state index >= 15 is 0 Å². The van der Waals surface area contributed by atoms with E-state index in [9.17, 15) is 33.4 Å². The van der Waals surface area contributed by atoms with Crippen molar-refractivity contribution >= 4 is 59.1 Å². The van der Waals surface area contributed by atoms with Crippen molar-refractivity contribution in [2.75, 3.05) is 43.3 Å². The molecule has 0 heterocycles. The summed E-state index contributed by atoms with van der Waals surface area (Å²) in [6.07, 6.45) is 0.834. The van der Waals surface area contributed by atoms with Crippen LogP contribution in [0.1, 0.15) is 10.4 Å². The summed E-state index contributed by atoms with van der Waals surface area (Å²) < 4.78 is 26.4. The third-order valence-corrected chi connectivity index (χ3v) is 6.16. The van der Waals surface area contributed by atoms with Crippen molar-refractivity contribution in [3.63, 3.8) is 0 Å². The summed E-state index contributed by atoms with van der Waals surface area (Å²) in [6, 6.07) is 1.67. The van der Waals surface area contributed by atoms with Crippen LogP contribution in [-0.2, 0) is 14.3 Å². The van der Waals surface area contributed by atoms with Gasteiger partial charge in [-0.2, -0.15) is 0 Å². The Balaban J connectivity index is 3.55. The van der Waals surface area contributed by atoms with Gasteiger partial charge in [0.1, 0.15) is 0 Å². The zero-order valence-corrected chi connectivity index (χ0v) is 18.6. The van der Waals surface area contributed by atoms with E-state index in [1.165, 1.54) is 4.90 Å². The number of aliphatic hydroxyl groups excluding tert-OH is 1. The van der Waals surface area contributed by atoms with E-state index in [4.69, 9.17) is 16.7 Å². The first-order valence-electron chi connectivity index (χ1n) is 7.96. The molecule has 0 aliphatic heterocycles. The average Bonchev–Trinajstić information content (AvgIpc) is 2.63. The van der Waals surface area contributed by atoms with Crippen LogP contribution in [0.5, 0.6) is 0 Å². The molecule has 15 heteroatoms.